The maximum atomic E-state index is 9.76. The van der Waals surface area contributed by atoms with Crippen molar-refractivity contribution in [1.29, 1.82) is 5.26 Å². The number of benzene rings is 8. The van der Waals surface area contributed by atoms with Crippen molar-refractivity contribution in [3.05, 3.63) is 145 Å². The highest BCUT2D eigenvalue weighted by Gasteiger charge is 2.23. The van der Waals surface area contributed by atoms with Crippen LogP contribution in [0.1, 0.15) is 5.56 Å². The zero-order valence-corrected chi connectivity index (χ0v) is 25.0. The van der Waals surface area contributed by atoms with Gasteiger partial charge in [-0.3, -0.25) is 0 Å². The van der Waals surface area contributed by atoms with Gasteiger partial charge in [-0.05, 0) is 102 Å². The first kappa shape index (κ1) is 24.7. The smallest absolute Gasteiger partial charge is 0.0998 e. The Kier molecular flexibility index (Phi) is 5.00. The predicted octanol–water partition coefficient (Wildman–Crippen LogP) is 12.4. The van der Waals surface area contributed by atoms with Gasteiger partial charge in [0.2, 0.25) is 0 Å². The van der Waals surface area contributed by atoms with Gasteiger partial charge in [0.05, 0.1) is 11.6 Å². The molecule has 0 radical (unpaired) electrons. The third-order valence-electron chi connectivity index (χ3n) is 9.65. The molecule has 0 atom stereocenters. The van der Waals surface area contributed by atoms with Crippen LogP contribution in [-0.4, -0.2) is 0 Å². The normalized spacial score (nSPS) is 12.0. The minimum atomic E-state index is 0.730. The SMILES string of the molecule is N#Cc1ccc2c3c(cccc13)-c1cc(-c3cccc4sc5ccc(-c6cccc7ccc8ccccc8c67)cc5c34)ccc1-2. The molecule has 0 aliphatic heterocycles. The lowest BCUT2D eigenvalue weighted by Crippen LogP contribution is -1.85. The van der Waals surface area contributed by atoms with Crippen molar-refractivity contribution < 1.29 is 0 Å². The molecule has 206 valence electrons. The van der Waals surface area contributed by atoms with Crippen LogP contribution in [0.3, 0.4) is 0 Å². The minimum absolute atomic E-state index is 0.730. The number of nitrogens with zero attached hydrogens (tertiary/aromatic N) is 1. The predicted molar refractivity (Wildman–Crippen MR) is 192 cm³/mol. The largest absolute Gasteiger partial charge is 0.192 e. The lowest BCUT2D eigenvalue weighted by molar-refractivity contribution is 1.50. The average Bonchev–Trinajstić information content (AvgIpc) is 3.64. The number of thiophene rings is 1. The summed E-state index contributed by atoms with van der Waals surface area (Å²) in [5, 5.41) is 19.7. The summed E-state index contributed by atoms with van der Waals surface area (Å²) in [7, 11) is 0. The fourth-order valence-corrected chi connectivity index (χ4v) is 8.77. The van der Waals surface area contributed by atoms with Crippen molar-refractivity contribution in [3.8, 4) is 50.6 Å². The Labute approximate surface area is 263 Å². The number of hydrogen-bond acceptors (Lipinski definition) is 2. The molecule has 1 aliphatic carbocycles. The van der Waals surface area contributed by atoms with Crippen molar-refractivity contribution in [1.82, 2.24) is 0 Å². The van der Waals surface area contributed by atoms with Gasteiger partial charge in [-0.1, -0.05) is 109 Å². The van der Waals surface area contributed by atoms with Crippen LogP contribution < -0.4 is 0 Å². The van der Waals surface area contributed by atoms with Gasteiger partial charge in [-0.15, -0.1) is 11.3 Å². The van der Waals surface area contributed by atoms with Crippen LogP contribution in [0.5, 0.6) is 0 Å². The maximum absolute atomic E-state index is 9.76. The summed E-state index contributed by atoms with van der Waals surface area (Å²) in [6.45, 7) is 0. The molecule has 0 N–H and O–H groups in total. The van der Waals surface area contributed by atoms with Gasteiger partial charge in [0.25, 0.3) is 0 Å². The van der Waals surface area contributed by atoms with Crippen molar-refractivity contribution in [3.63, 3.8) is 0 Å². The second-order valence-electron chi connectivity index (χ2n) is 11.9. The molecule has 10 rings (SSSR count). The number of hydrogen-bond donors (Lipinski definition) is 0. The maximum Gasteiger partial charge on any atom is 0.0998 e. The average molecular weight is 586 g/mol. The standard InChI is InChI=1S/C43H23NS/c44-24-29-17-20-36-34-19-16-27(22-37(34)35-12-4-10-33(29)42(35)36)32-11-5-13-40-43(32)38-23-28(18-21-39(38)45-40)31-9-3-7-26-15-14-25-6-1-2-8-30(25)41(26)31/h1-23H. The molecule has 2 heteroatoms. The van der Waals surface area contributed by atoms with Crippen molar-refractivity contribution in [2.75, 3.05) is 0 Å². The third kappa shape index (κ3) is 3.42. The summed E-state index contributed by atoms with van der Waals surface area (Å²) in [4.78, 5) is 0. The quantitative estimate of drug-likeness (QED) is 0.185. The highest BCUT2D eigenvalue weighted by Crippen LogP contribution is 2.50. The van der Waals surface area contributed by atoms with E-state index in [0.29, 0.717) is 0 Å². The van der Waals surface area contributed by atoms with Gasteiger partial charge >= 0.3 is 0 Å². The first-order valence-corrected chi connectivity index (χ1v) is 16.1. The zero-order valence-electron chi connectivity index (χ0n) is 24.1. The van der Waals surface area contributed by atoms with Crippen LogP contribution in [0.15, 0.2) is 140 Å². The van der Waals surface area contributed by atoms with E-state index in [4.69, 9.17) is 0 Å². The Morgan fingerprint density at radius 3 is 2.02 bits per heavy atom. The fraction of sp³-hybridized carbons (Fsp3) is 0. The molecule has 8 aromatic carbocycles. The molecule has 45 heavy (non-hydrogen) atoms. The molecule has 0 bridgehead atoms. The van der Waals surface area contributed by atoms with Crippen LogP contribution in [0.2, 0.25) is 0 Å². The van der Waals surface area contributed by atoms with Gasteiger partial charge < -0.3 is 0 Å². The van der Waals surface area contributed by atoms with Crippen LogP contribution in [-0.2, 0) is 0 Å². The molecule has 1 nitrogen and oxygen atoms in total. The number of nitriles is 1. The summed E-state index contributed by atoms with van der Waals surface area (Å²) < 4.78 is 2.60. The molecule has 0 spiro atoms. The van der Waals surface area contributed by atoms with Crippen molar-refractivity contribution in [2.45, 2.75) is 0 Å². The van der Waals surface area contributed by atoms with Crippen molar-refractivity contribution >= 4 is 63.8 Å². The summed E-state index contributed by atoms with van der Waals surface area (Å²) in [5.74, 6) is 0. The lowest BCUT2D eigenvalue weighted by Gasteiger charge is -2.11. The summed E-state index contributed by atoms with van der Waals surface area (Å²) >= 11 is 1.86. The molecule has 0 saturated heterocycles. The Morgan fingerprint density at radius 2 is 1.09 bits per heavy atom. The van der Waals surface area contributed by atoms with E-state index in [-0.39, 0.29) is 0 Å². The van der Waals surface area contributed by atoms with E-state index in [1.165, 1.54) is 91.6 Å². The van der Waals surface area contributed by atoms with E-state index in [1.807, 2.05) is 17.4 Å². The molecule has 1 aliphatic rings. The lowest BCUT2D eigenvalue weighted by atomic mass is 9.92. The Balaban J connectivity index is 1.20. The second kappa shape index (κ2) is 9.13. The molecule has 0 fully saturated rings. The van der Waals surface area contributed by atoms with E-state index < -0.39 is 0 Å². The number of rotatable bonds is 2. The highest BCUT2D eigenvalue weighted by atomic mass is 32.1. The van der Waals surface area contributed by atoms with Gasteiger partial charge in [0, 0.05) is 25.6 Å². The Morgan fingerprint density at radius 1 is 0.400 bits per heavy atom. The van der Waals surface area contributed by atoms with Crippen LogP contribution in [0.4, 0.5) is 0 Å². The van der Waals surface area contributed by atoms with Gasteiger partial charge in [-0.25, -0.2) is 0 Å². The Bertz CT molecular complexity index is 2770. The molecule has 1 heterocycles. The molecule has 9 aromatic rings. The zero-order chi connectivity index (χ0) is 29.6. The van der Waals surface area contributed by atoms with E-state index in [9.17, 15) is 5.26 Å². The number of fused-ring (bicyclic) bond motifs is 9. The summed E-state index contributed by atoms with van der Waals surface area (Å²) in [5.41, 5.74) is 10.6. The minimum Gasteiger partial charge on any atom is -0.192 e. The summed E-state index contributed by atoms with van der Waals surface area (Å²) in [6, 6.07) is 53.2. The second-order valence-corrected chi connectivity index (χ2v) is 13.0. The van der Waals surface area contributed by atoms with Crippen LogP contribution in [0.25, 0.3) is 97.0 Å². The molecular weight excluding hydrogens is 563 g/mol. The van der Waals surface area contributed by atoms with Crippen molar-refractivity contribution in [2.24, 2.45) is 0 Å². The van der Waals surface area contributed by atoms with E-state index in [1.54, 1.807) is 0 Å². The molecule has 0 unspecified atom stereocenters. The van der Waals surface area contributed by atoms with Crippen LogP contribution >= 0.6 is 11.3 Å². The molecule has 0 amide bonds. The van der Waals surface area contributed by atoms with Gasteiger partial charge in [-0.2, -0.15) is 5.26 Å². The van der Waals surface area contributed by atoms with Gasteiger partial charge in [0.15, 0.2) is 0 Å². The van der Waals surface area contributed by atoms with E-state index in [0.717, 1.165) is 10.9 Å². The van der Waals surface area contributed by atoms with E-state index in [2.05, 4.69) is 140 Å². The first-order chi connectivity index (χ1) is 22.3. The molecule has 0 saturated carbocycles. The van der Waals surface area contributed by atoms with E-state index >= 15 is 0 Å². The molecular formula is C43H23NS. The monoisotopic (exact) mass is 585 g/mol. The fourth-order valence-electron chi connectivity index (χ4n) is 7.66. The summed E-state index contributed by atoms with van der Waals surface area (Å²) in [6.07, 6.45) is 0. The topological polar surface area (TPSA) is 23.8 Å². The first-order valence-electron chi connectivity index (χ1n) is 15.2. The Hall–Kier alpha value is -5.75. The molecule has 1 aromatic heterocycles. The van der Waals surface area contributed by atoms with Gasteiger partial charge in [0.1, 0.15) is 0 Å². The highest BCUT2D eigenvalue weighted by molar-refractivity contribution is 7.26. The van der Waals surface area contributed by atoms with Crippen LogP contribution in [0, 0.1) is 11.3 Å². The third-order valence-corrected chi connectivity index (χ3v) is 10.8.